The van der Waals surface area contributed by atoms with Gasteiger partial charge < -0.3 is 10.3 Å². The molecule has 0 radical (unpaired) electrons. The summed E-state index contributed by atoms with van der Waals surface area (Å²) >= 11 is 3.14. The summed E-state index contributed by atoms with van der Waals surface area (Å²) in [5.41, 5.74) is 6.33. The Morgan fingerprint density at radius 1 is 1.47 bits per heavy atom. The molecule has 1 fully saturated rings. The maximum absolute atomic E-state index is 13.2. The van der Waals surface area contributed by atoms with E-state index in [2.05, 4.69) is 26.1 Å². The molecule has 1 unspecified atom stereocenters. The van der Waals surface area contributed by atoms with Crippen molar-refractivity contribution < 1.29 is 8.91 Å². The highest BCUT2D eigenvalue weighted by atomic mass is 79.9. The lowest BCUT2D eigenvalue weighted by molar-refractivity contribution is 0.273. The quantitative estimate of drug-likeness (QED) is 0.940. The minimum atomic E-state index is -0.581. The molecule has 0 aliphatic heterocycles. The molecule has 0 bridgehead atoms. The van der Waals surface area contributed by atoms with Crippen LogP contribution >= 0.6 is 15.9 Å². The van der Waals surface area contributed by atoms with Crippen molar-refractivity contribution >= 4 is 15.9 Å². The largest absolute Gasteiger partial charge is 0.337 e. The van der Waals surface area contributed by atoms with Gasteiger partial charge in [-0.1, -0.05) is 5.16 Å². The van der Waals surface area contributed by atoms with Crippen molar-refractivity contribution in [2.75, 3.05) is 0 Å². The molecule has 2 aromatic rings. The molecule has 1 heterocycles. The van der Waals surface area contributed by atoms with Crippen LogP contribution < -0.4 is 5.73 Å². The number of hydrogen-bond donors (Lipinski definition) is 1. The fourth-order valence-corrected chi connectivity index (χ4v) is 2.43. The van der Waals surface area contributed by atoms with E-state index in [1.165, 1.54) is 6.07 Å². The van der Waals surface area contributed by atoms with Crippen molar-refractivity contribution in [3.8, 4) is 11.4 Å². The third-order valence-electron chi connectivity index (χ3n) is 3.49. The van der Waals surface area contributed by atoms with Crippen LogP contribution in [0.5, 0.6) is 0 Å². The Morgan fingerprint density at radius 2 is 2.21 bits per heavy atom. The van der Waals surface area contributed by atoms with E-state index < -0.39 is 5.54 Å². The summed E-state index contributed by atoms with van der Waals surface area (Å²) in [4.78, 5) is 4.34. The van der Waals surface area contributed by atoms with E-state index >= 15 is 0 Å². The zero-order chi connectivity index (χ0) is 13.6. The first-order chi connectivity index (χ1) is 8.98. The molecule has 19 heavy (non-hydrogen) atoms. The highest BCUT2D eigenvalue weighted by molar-refractivity contribution is 9.10. The molecule has 4 nitrogen and oxygen atoms in total. The standard InChI is InChI=1S/C13H13BrFN3O/c1-13(16,8-3-4-8)12-17-11(18-19-12)7-2-5-10(15)9(14)6-7/h2,5-6,8H,3-4,16H2,1H3. The van der Waals surface area contributed by atoms with Crippen LogP contribution in [0.4, 0.5) is 4.39 Å². The van der Waals surface area contributed by atoms with Gasteiger partial charge in [-0.2, -0.15) is 4.98 Å². The first-order valence-corrected chi connectivity index (χ1v) is 6.86. The van der Waals surface area contributed by atoms with Gasteiger partial charge in [0.25, 0.3) is 0 Å². The van der Waals surface area contributed by atoms with Crippen molar-refractivity contribution in [1.29, 1.82) is 0 Å². The lowest BCUT2D eigenvalue weighted by Gasteiger charge is -2.18. The van der Waals surface area contributed by atoms with Crippen LogP contribution in [-0.2, 0) is 5.54 Å². The van der Waals surface area contributed by atoms with Crippen LogP contribution in [-0.4, -0.2) is 10.1 Å². The normalized spacial score (nSPS) is 18.3. The Labute approximate surface area is 118 Å². The van der Waals surface area contributed by atoms with Crippen LogP contribution in [0.25, 0.3) is 11.4 Å². The number of aromatic nitrogens is 2. The lowest BCUT2D eigenvalue weighted by atomic mass is 9.97. The molecule has 0 spiro atoms. The van der Waals surface area contributed by atoms with Gasteiger partial charge in [0.2, 0.25) is 11.7 Å². The average molecular weight is 326 g/mol. The van der Waals surface area contributed by atoms with Gasteiger partial charge in [0.15, 0.2) is 0 Å². The van der Waals surface area contributed by atoms with E-state index in [1.807, 2.05) is 6.92 Å². The Bertz CT molecular complexity index is 622. The van der Waals surface area contributed by atoms with Gasteiger partial charge in [-0.15, -0.1) is 0 Å². The highest BCUT2D eigenvalue weighted by Crippen LogP contribution is 2.43. The predicted octanol–water partition coefficient (Wildman–Crippen LogP) is 3.22. The maximum Gasteiger partial charge on any atom is 0.247 e. The summed E-state index contributed by atoms with van der Waals surface area (Å²) in [5, 5.41) is 3.92. The number of halogens is 2. The van der Waals surface area contributed by atoms with Gasteiger partial charge in [-0.3, -0.25) is 0 Å². The Morgan fingerprint density at radius 3 is 2.84 bits per heavy atom. The van der Waals surface area contributed by atoms with Crippen LogP contribution in [0.3, 0.4) is 0 Å². The van der Waals surface area contributed by atoms with E-state index in [9.17, 15) is 4.39 Å². The minimum Gasteiger partial charge on any atom is -0.337 e. The fraction of sp³-hybridized carbons (Fsp3) is 0.385. The van der Waals surface area contributed by atoms with Crippen molar-refractivity contribution in [3.63, 3.8) is 0 Å². The molecule has 2 N–H and O–H groups in total. The maximum atomic E-state index is 13.2. The molecular formula is C13H13BrFN3O. The van der Waals surface area contributed by atoms with Crippen molar-refractivity contribution in [3.05, 3.63) is 34.4 Å². The second-order valence-electron chi connectivity index (χ2n) is 5.11. The van der Waals surface area contributed by atoms with Gasteiger partial charge in [0.1, 0.15) is 5.82 Å². The number of nitrogens with zero attached hydrogens (tertiary/aromatic N) is 2. The Hall–Kier alpha value is -1.27. The summed E-state index contributed by atoms with van der Waals surface area (Å²) in [5.74, 6) is 0.938. The Kier molecular flexibility index (Phi) is 2.94. The summed E-state index contributed by atoms with van der Waals surface area (Å²) in [6.07, 6.45) is 2.18. The molecule has 100 valence electrons. The van der Waals surface area contributed by atoms with Crippen LogP contribution in [0, 0.1) is 11.7 Å². The fourth-order valence-electron chi connectivity index (χ4n) is 2.05. The van der Waals surface area contributed by atoms with E-state index in [0.717, 1.165) is 12.8 Å². The molecule has 1 aliphatic rings. The summed E-state index contributed by atoms with van der Waals surface area (Å²) < 4.78 is 18.8. The van der Waals surface area contributed by atoms with Crippen molar-refractivity contribution in [1.82, 2.24) is 10.1 Å². The lowest BCUT2D eigenvalue weighted by Crippen LogP contribution is -2.35. The third-order valence-corrected chi connectivity index (χ3v) is 4.10. The summed E-state index contributed by atoms with van der Waals surface area (Å²) in [6.45, 7) is 1.91. The number of rotatable bonds is 3. The van der Waals surface area contributed by atoms with Crippen LogP contribution in [0.15, 0.2) is 27.2 Å². The SMILES string of the molecule is CC(N)(c1nc(-c2ccc(F)c(Br)c2)no1)C1CC1. The van der Waals surface area contributed by atoms with Gasteiger partial charge in [-0.25, -0.2) is 4.39 Å². The summed E-state index contributed by atoms with van der Waals surface area (Å²) in [6, 6.07) is 4.59. The average Bonchev–Trinajstić information content (AvgIpc) is 3.11. The molecule has 0 amide bonds. The van der Waals surface area contributed by atoms with Crippen LogP contribution in [0.1, 0.15) is 25.7 Å². The monoisotopic (exact) mass is 325 g/mol. The third kappa shape index (κ3) is 2.30. The molecule has 1 aromatic heterocycles. The van der Waals surface area contributed by atoms with E-state index in [0.29, 0.717) is 27.7 Å². The second-order valence-corrected chi connectivity index (χ2v) is 5.96. The summed E-state index contributed by atoms with van der Waals surface area (Å²) in [7, 11) is 0. The van der Waals surface area contributed by atoms with Crippen LogP contribution in [0.2, 0.25) is 0 Å². The number of nitrogens with two attached hydrogens (primary N) is 1. The second kappa shape index (κ2) is 4.38. The highest BCUT2D eigenvalue weighted by Gasteiger charge is 2.43. The zero-order valence-corrected chi connectivity index (χ0v) is 11.9. The Balaban J connectivity index is 1.94. The molecule has 6 heteroatoms. The zero-order valence-electron chi connectivity index (χ0n) is 10.4. The first-order valence-electron chi connectivity index (χ1n) is 6.07. The topological polar surface area (TPSA) is 64.9 Å². The van der Waals surface area contributed by atoms with Crippen molar-refractivity contribution in [2.24, 2.45) is 11.7 Å². The van der Waals surface area contributed by atoms with Crippen molar-refractivity contribution in [2.45, 2.75) is 25.3 Å². The number of hydrogen-bond acceptors (Lipinski definition) is 4. The van der Waals surface area contributed by atoms with Gasteiger partial charge in [0, 0.05) is 5.56 Å². The molecule has 1 aliphatic carbocycles. The molecular weight excluding hydrogens is 313 g/mol. The smallest absolute Gasteiger partial charge is 0.247 e. The minimum absolute atomic E-state index is 0.325. The molecule has 1 atom stereocenters. The predicted molar refractivity (Wildman–Crippen MR) is 71.7 cm³/mol. The molecule has 0 saturated heterocycles. The van der Waals surface area contributed by atoms with Gasteiger partial charge >= 0.3 is 0 Å². The van der Waals surface area contributed by atoms with E-state index in [4.69, 9.17) is 10.3 Å². The molecule has 1 aromatic carbocycles. The van der Waals surface area contributed by atoms with E-state index in [1.54, 1.807) is 12.1 Å². The molecule has 1 saturated carbocycles. The molecule has 3 rings (SSSR count). The number of benzene rings is 1. The van der Waals surface area contributed by atoms with Gasteiger partial charge in [-0.05, 0) is 59.8 Å². The van der Waals surface area contributed by atoms with Gasteiger partial charge in [0.05, 0.1) is 10.0 Å². The first kappa shape index (κ1) is 12.7. The van der Waals surface area contributed by atoms with E-state index in [-0.39, 0.29) is 5.82 Å².